The van der Waals surface area contributed by atoms with E-state index in [1.807, 2.05) is 18.2 Å². The Morgan fingerprint density at radius 3 is 2.90 bits per heavy atom. The molecule has 2 heterocycles. The molecule has 0 atom stereocenters. The van der Waals surface area contributed by atoms with Crippen molar-refractivity contribution in [3.05, 3.63) is 46.0 Å². The van der Waals surface area contributed by atoms with Crippen LogP contribution in [0.1, 0.15) is 24.1 Å². The van der Waals surface area contributed by atoms with Crippen molar-refractivity contribution >= 4 is 0 Å². The van der Waals surface area contributed by atoms with Crippen LogP contribution >= 0.6 is 0 Å². The average molecular weight is 271 g/mol. The van der Waals surface area contributed by atoms with Crippen LogP contribution < -0.4 is 5.56 Å². The fourth-order valence-corrected chi connectivity index (χ4v) is 2.25. The Hall–Kier alpha value is -2.01. The molecule has 0 aromatic carbocycles. The van der Waals surface area contributed by atoms with Gasteiger partial charge in [-0.2, -0.15) is 0 Å². The maximum Gasteiger partial charge on any atom is 0.254 e. The molecular weight excluding hydrogens is 254 g/mol. The van der Waals surface area contributed by atoms with Gasteiger partial charge in [0.15, 0.2) is 5.82 Å². The highest BCUT2D eigenvalue weighted by Crippen LogP contribution is 2.32. The quantitative estimate of drug-likeness (QED) is 0.902. The number of nitrogens with one attached hydrogen (secondary N) is 1. The average Bonchev–Trinajstić information content (AvgIpc) is 3.27. The smallest absolute Gasteiger partial charge is 0.254 e. The molecule has 2 aromatic rings. The van der Waals surface area contributed by atoms with Crippen LogP contribution in [0.2, 0.25) is 0 Å². The van der Waals surface area contributed by atoms with Crippen LogP contribution in [0.4, 0.5) is 0 Å². The summed E-state index contributed by atoms with van der Waals surface area (Å²) in [5.74, 6) is 1.14. The summed E-state index contributed by atoms with van der Waals surface area (Å²) in [5.41, 5.74) is 2.08. The number of H-pyrrole nitrogens is 1. The van der Waals surface area contributed by atoms with Gasteiger partial charge in [-0.05, 0) is 37.3 Å². The van der Waals surface area contributed by atoms with Gasteiger partial charge < -0.3 is 9.72 Å². The molecule has 0 aliphatic heterocycles. The standard InChI is InChI=1S/C15H17N3O2/c1-20-9-13-11(8-10-5-6-10)15(19)18-14(17-13)12-4-2-3-7-16-12/h2-4,7,10H,5-6,8-9H2,1H3,(H,17,18,19). The lowest BCUT2D eigenvalue weighted by Crippen LogP contribution is -2.20. The highest BCUT2D eigenvalue weighted by atomic mass is 16.5. The van der Waals surface area contributed by atoms with Crippen LogP contribution in [-0.4, -0.2) is 22.1 Å². The Bertz CT molecular complexity index is 648. The fourth-order valence-electron chi connectivity index (χ4n) is 2.25. The predicted octanol–water partition coefficient (Wildman–Crippen LogP) is 1.93. The molecule has 5 heteroatoms. The molecule has 0 radical (unpaired) electrons. The third kappa shape index (κ3) is 2.77. The van der Waals surface area contributed by atoms with Gasteiger partial charge >= 0.3 is 0 Å². The largest absolute Gasteiger partial charge is 0.378 e. The van der Waals surface area contributed by atoms with E-state index < -0.39 is 0 Å². The number of aromatic amines is 1. The van der Waals surface area contributed by atoms with Gasteiger partial charge in [0.05, 0.1) is 12.3 Å². The first-order valence-corrected chi connectivity index (χ1v) is 6.80. The molecule has 0 spiro atoms. The van der Waals surface area contributed by atoms with Gasteiger partial charge in [-0.25, -0.2) is 4.98 Å². The number of hydrogen-bond donors (Lipinski definition) is 1. The summed E-state index contributed by atoms with van der Waals surface area (Å²) in [6.45, 7) is 0.353. The number of ether oxygens (including phenoxy) is 1. The number of pyridine rings is 1. The molecule has 1 N–H and O–H groups in total. The van der Waals surface area contributed by atoms with Gasteiger partial charge in [-0.3, -0.25) is 9.78 Å². The minimum Gasteiger partial charge on any atom is -0.378 e. The van der Waals surface area contributed by atoms with Gasteiger partial charge in [0.25, 0.3) is 5.56 Å². The maximum absolute atomic E-state index is 12.3. The lowest BCUT2D eigenvalue weighted by Gasteiger charge is -2.09. The molecule has 0 amide bonds. The highest BCUT2D eigenvalue weighted by Gasteiger charge is 2.25. The zero-order valence-corrected chi connectivity index (χ0v) is 11.4. The number of rotatable bonds is 5. The highest BCUT2D eigenvalue weighted by molar-refractivity contribution is 5.48. The molecule has 0 unspecified atom stereocenters. The predicted molar refractivity (Wildman–Crippen MR) is 75.2 cm³/mol. The van der Waals surface area contributed by atoms with E-state index in [-0.39, 0.29) is 5.56 Å². The zero-order chi connectivity index (χ0) is 13.9. The van der Waals surface area contributed by atoms with Crippen molar-refractivity contribution in [3.63, 3.8) is 0 Å². The van der Waals surface area contributed by atoms with Crippen LogP contribution in [0.3, 0.4) is 0 Å². The topological polar surface area (TPSA) is 67.9 Å². The number of methoxy groups -OCH3 is 1. The van der Waals surface area contributed by atoms with Crippen LogP contribution in [0, 0.1) is 5.92 Å². The summed E-state index contributed by atoms with van der Waals surface area (Å²) >= 11 is 0. The first kappa shape index (κ1) is 13.0. The van der Waals surface area contributed by atoms with Gasteiger partial charge in [-0.1, -0.05) is 6.07 Å². The molecule has 3 rings (SSSR count). The summed E-state index contributed by atoms with van der Waals surface area (Å²) in [7, 11) is 1.62. The van der Waals surface area contributed by atoms with E-state index >= 15 is 0 Å². The van der Waals surface area contributed by atoms with E-state index in [2.05, 4.69) is 15.0 Å². The minimum absolute atomic E-state index is 0.0698. The first-order valence-electron chi connectivity index (χ1n) is 6.80. The van der Waals surface area contributed by atoms with Crippen molar-refractivity contribution in [3.8, 4) is 11.5 Å². The first-order chi connectivity index (χ1) is 9.78. The van der Waals surface area contributed by atoms with E-state index in [4.69, 9.17) is 4.74 Å². The maximum atomic E-state index is 12.3. The summed E-state index contributed by atoms with van der Waals surface area (Å²) in [6.07, 6.45) is 4.88. The van der Waals surface area contributed by atoms with Gasteiger partial charge in [0, 0.05) is 18.9 Å². The van der Waals surface area contributed by atoms with Crippen molar-refractivity contribution in [2.45, 2.75) is 25.9 Å². The minimum atomic E-state index is -0.0698. The molecule has 1 aliphatic rings. The molecule has 0 bridgehead atoms. The third-order valence-corrected chi connectivity index (χ3v) is 3.48. The number of hydrogen-bond acceptors (Lipinski definition) is 4. The van der Waals surface area contributed by atoms with Crippen molar-refractivity contribution < 1.29 is 4.74 Å². The third-order valence-electron chi connectivity index (χ3n) is 3.48. The van der Waals surface area contributed by atoms with Crippen molar-refractivity contribution in [1.82, 2.24) is 15.0 Å². The Kier molecular flexibility index (Phi) is 3.60. The van der Waals surface area contributed by atoms with Crippen molar-refractivity contribution in [2.24, 2.45) is 5.92 Å². The van der Waals surface area contributed by atoms with E-state index in [9.17, 15) is 4.79 Å². The second kappa shape index (κ2) is 5.54. The second-order valence-electron chi connectivity index (χ2n) is 5.14. The molecule has 1 fully saturated rings. The Morgan fingerprint density at radius 1 is 1.40 bits per heavy atom. The van der Waals surface area contributed by atoms with E-state index in [0.717, 1.165) is 17.7 Å². The fraction of sp³-hybridized carbons (Fsp3) is 0.400. The summed E-state index contributed by atoms with van der Waals surface area (Å²) in [6, 6.07) is 5.53. The SMILES string of the molecule is COCc1nc(-c2ccccn2)[nH]c(=O)c1CC1CC1. The van der Waals surface area contributed by atoms with Crippen LogP contribution in [0.5, 0.6) is 0 Å². The van der Waals surface area contributed by atoms with Crippen molar-refractivity contribution in [2.75, 3.05) is 7.11 Å². The molecule has 5 nitrogen and oxygen atoms in total. The Labute approximate surface area is 117 Å². The van der Waals surface area contributed by atoms with Gasteiger partial charge in [-0.15, -0.1) is 0 Å². The van der Waals surface area contributed by atoms with Gasteiger partial charge in [0.2, 0.25) is 0 Å². The lowest BCUT2D eigenvalue weighted by atomic mass is 10.1. The number of aromatic nitrogens is 3. The van der Waals surface area contributed by atoms with E-state index in [1.165, 1.54) is 12.8 Å². The molecule has 20 heavy (non-hydrogen) atoms. The zero-order valence-electron chi connectivity index (χ0n) is 11.4. The summed E-state index contributed by atoms with van der Waals surface area (Å²) in [4.78, 5) is 23.9. The molecule has 0 saturated heterocycles. The van der Waals surface area contributed by atoms with Crippen LogP contribution in [0.15, 0.2) is 29.2 Å². The monoisotopic (exact) mass is 271 g/mol. The molecule has 1 aliphatic carbocycles. The second-order valence-corrected chi connectivity index (χ2v) is 5.14. The van der Waals surface area contributed by atoms with Gasteiger partial charge in [0.1, 0.15) is 5.69 Å². The molecule has 2 aromatic heterocycles. The van der Waals surface area contributed by atoms with Crippen molar-refractivity contribution in [1.29, 1.82) is 0 Å². The number of nitrogens with zero attached hydrogens (tertiary/aromatic N) is 2. The van der Waals surface area contributed by atoms with E-state index in [0.29, 0.717) is 24.0 Å². The summed E-state index contributed by atoms with van der Waals surface area (Å²) < 4.78 is 5.18. The normalized spacial score (nSPS) is 14.4. The van der Waals surface area contributed by atoms with Crippen LogP contribution in [0.25, 0.3) is 11.5 Å². The molecule has 1 saturated carbocycles. The Morgan fingerprint density at radius 2 is 2.25 bits per heavy atom. The van der Waals surface area contributed by atoms with E-state index in [1.54, 1.807) is 13.3 Å². The molecule has 104 valence electrons. The summed E-state index contributed by atoms with van der Waals surface area (Å²) in [5, 5.41) is 0. The molecular formula is C15H17N3O2. The Balaban J connectivity index is 2.03. The van der Waals surface area contributed by atoms with Crippen LogP contribution in [-0.2, 0) is 17.8 Å². The lowest BCUT2D eigenvalue weighted by molar-refractivity contribution is 0.180.